The second-order valence-electron chi connectivity index (χ2n) is 14.8. The Labute approximate surface area is 286 Å². The minimum Gasteiger partial charge on any atom is -0.459 e. The Morgan fingerprint density at radius 2 is 1.75 bits per heavy atom. The summed E-state index contributed by atoms with van der Waals surface area (Å²) in [5, 5.41) is 14.7. The first kappa shape index (κ1) is 37.1. The number of nitrogens with one attached hydrogen (secondary N) is 1. The second-order valence-corrected chi connectivity index (χ2v) is 14.8. The number of likely N-dealkylation sites (tertiary alicyclic amines) is 1. The van der Waals surface area contributed by atoms with Crippen LogP contribution in [0.15, 0.2) is 67.3 Å². The summed E-state index contributed by atoms with van der Waals surface area (Å²) >= 11 is 0. The van der Waals surface area contributed by atoms with E-state index in [1.807, 2.05) is 20.8 Å². The molecule has 1 aliphatic heterocycles. The number of piperidine rings is 1. The molecule has 10 heteroatoms. The minimum atomic E-state index is -0.532. The molecule has 2 aliphatic rings. The van der Waals surface area contributed by atoms with E-state index in [0.717, 1.165) is 51.7 Å². The summed E-state index contributed by atoms with van der Waals surface area (Å²) in [7, 11) is 0. The molecule has 0 radical (unpaired) electrons. The Kier molecular flexibility index (Phi) is 13.2. The van der Waals surface area contributed by atoms with Crippen molar-refractivity contribution in [1.29, 1.82) is 0 Å². The Morgan fingerprint density at radius 3 is 2.33 bits per heavy atom. The van der Waals surface area contributed by atoms with Gasteiger partial charge in [-0.15, -0.1) is 6.58 Å². The fourth-order valence-electron chi connectivity index (χ4n) is 7.13. The Hall–Kier alpha value is -3.76. The minimum absolute atomic E-state index is 0.000665. The van der Waals surface area contributed by atoms with Crippen molar-refractivity contribution in [2.24, 2.45) is 11.8 Å². The zero-order valence-corrected chi connectivity index (χ0v) is 29.3. The van der Waals surface area contributed by atoms with Gasteiger partial charge in [-0.05, 0) is 93.9 Å². The van der Waals surface area contributed by atoms with E-state index < -0.39 is 16.6 Å². The first-order valence-corrected chi connectivity index (χ1v) is 17.4. The van der Waals surface area contributed by atoms with Crippen LogP contribution in [0.4, 0.5) is 10.5 Å². The van der Waals surface area contributed by atoms with Crippen LogP contribution in [0.3, 0.4) is 0 Å². The molecule has 1 amide bonds. The van der Waals surface area contributed by atoms with Gasteiger partial charge < -0.3 is 24.6 Å². The summed E-state index contributed by atoms with van der Waals surface area (Å²) in [4.78, 5) is 41.1. The predicted octanol–water partition coefficient (Wildman–Crippen LogP) is 7.09. The maximum absolute atomic E-state index is 13.2. The Balaban J connectivity index is 1.36. The number of nitrogens with zero attached hydrogens (tertiary/aromatic N) is 3. The van der Waals surface area contributed by atoms with Crippen LogP contribution in [0.1, 0.15) is 83.8 Å². The number of non-ortho nitro benzene ring substituents is 1. The molecule has 0 aromatic heterocycles. The van der Waals surface area contributed by atoms with Gasteiger partial charge in [0.25, 0.3) is 5.69 Å². The van der Waals surface area contributed by atoms with Crippen molar-refractivity contribution in [3.8, 4) is 0 Å². The number of carbonyl (C=O) groups excluding carboxylic acids is 2. The fraction of sp³-hybridized carbons (Fsp3) is 0.579. The van der Waals surface area contributed by atoms with E-state index in [1.165, 1.54) is 17.7 Å². The van der Waals surface area contributed by atoms with Gasteiger partial charge in [0.15, 0.2) is 0 Å². The van der Waals surface area contributed by atoms with Crippen molar-refractivity contribution in [1.82, 2.24) is 15.1 Å². The van der Waals surface area contributed by atoms with Crippen molar-refractivity contribution in [3.05, 3.63) is 88.5 Å². The first-order chi connectivity index (χ1) is 22.8. The Bertz CT molecular complexity index is 1350. The van der Waals surface area contributed by atoms with E-state index in [0.29, 0.717) is 29.9 Å². The van der Waals surface area contributed by atoms with Crippen molar-refractivity contribution >= 4 is 17.7 Å². The van der Waals surface area contributed by atoms with Gasteiger partial charge in [0.1, 0.15) is 18.2 Å². The highest BCUT2D eigenvalue weighted by Crippen LogP contribution is 2.41. The largest absolute Gasteiger partial charge is 0.459 e. The molecule has 0 spiro atoms. The summed E-state index contributed by atoms with van der Waals surface area (Å²) in [6.07, 6.45) is 5.67. The monoisotopic (exact) mass is 662 g/mol. The van der Waals surface area contributed by atoms with Crippen LogP contribution in [0, 0.1) is 22.0 Å². The average Bonchev–Trinajstić information content (AvgIpc) is 3.44. The molecule has 1 aliphatic carbocycles. The normalized spacial score (nSPS) is 21.1. The number of benzene rings is 2. The summed E-state index contributed by atoms with van der Waals surface area (Å²) < 4.78 is 11.4. The van der Waals surface area contributed by atoms with Gasteiger partial charge in [-0.25, -0.2) is 4.79 Å². The van der Waals surface area contributed by atoms with E-state index in [-0.39, 0.29) is 36.4 Å². The topological polar surface area (TPSA) is 114 Å². The molecule has 1 saturated carbocycles. The smallest absolute Gasteiger partial charge is 0.410 e. The summed E-state index contributed by atoms with van der Waals surface area (Å²) in [5.41, 5.74) is 1.50. The molecule has 1 heterocycles. The number of carbonyl (C=O) groups is 2. The molecule has 4 atom stereocenters. The molecule has 1 saturated heterocycles. The lowest BCUT2D eigenvalue weighted by Crippen LogP contribution is -2.48. The molecular formula is C38H54N4O6. The lowest BCUT2D eigenvalue weighted by molar-refractivity contribution is -0.384. The number of hydrogen-bond acceptors (Lipinski definition) is 8. The molecule has 10 nitrogen and oxygen atoms in total. The van der Waals surface area contributed by atoms with E-state index in [1.54, 1.807) is 23.1 Å². The highest BCUT2D eigenvalue weighted by molar-refractivity contribution is 5.76. The molecular weight excluding hydrogens is 608 g/mol. The number of hydrogen-bond donors (Lipinski definition) is 1. The molecule has 262 valence electrons. The van der Waals surface area contributed by atoms with Gasteiger partial charge in [-0.3, -0.25) is 14.9 Å². The van der Waals surface area contributed by atoms with Crippen LogP contribution < -0.4 is 5.32 Å². The maximum Gasteiger partial charge on any atom is 0.410 e. The standard InChI is InChI=1S/C38H54N4O6/c1-7-19-41(37(44)47-26-28-13-15-33(16-14-28)42(45)46)32-17-20-40(21-18-32)25-30-23-31(24-34(30)29-11-9-8-10-12-29)39-35(22-27(2)3)36(43)48-38(4,5)6/h7-16,27,30-32,34-35,39H,1,17-26H2,2-6H3/t30?,31?,34?,35-/m0/s1. The molecule has 1 N–H and O–H groups in total. The van der Waals surface area contributed by atoms with Crippen molar-refractivity contribution in [2.45, 2.75) is 103 Å². The average molecular weight is 663 g/mol. The van der Waals surface area contributed by atoms with Crippen molar-refractivity contribution < 1.29 is 24.0 Å². The highest BCUT2D eigenvalue weighted by Gasteiger charge is 2.39. The molecule has 0 bridgehead atoms. The van der Waals surface area contributed by atoms with E-state index in [4.69, 9.17) is 9.47 Å². The first-order valence-electron chi connectivity index (χ1n) is 17.4. The number of ether oxygens (including phenoxy) is 2. The molecule has 3 unspecified atom stereocenters. The van der Waals surface area contributed by atoms with E-state index in [2.05, 4.69) is 61.0 Å². The van der Waals surface area contributed by atoms with Gasteiger partial charge in [0, 0.05) is 50.4 Å². The second kappa shape index (κ2) is 17.1. The van der Waals surface area contributed by atoms with Gasteiger partial charge in [-0.1, -0.05) is 50.3 Å². The van der Waals surface area contributed by atoms with Crippen LogP contribution in [-0.2, 0) is 20.9 Å². The lowest BCUT2D eigenvalue weighted by Gasteiger charge is -2.39. The zero-order chi connectivity index (χ0) is 34.8. The van der Waals surface area contributed by atoms with Crippen LogP contribution in [0.2, 0.25) is 0 Å². The quantitative estimate of drug-likeness (QED) is 0.0987. The third kappa shape index (κ3) is 10.9. The number of esters is 1. The number of amides is 1. The predicted molar refractivity (Wildman–Crippen MR) is 188 cm³/mol. The molecule has 4 rings (SSSR count). The third-order valence-corrected chi connectivity index (χ3v) is 9.32. The molecule has 2 fully saturated rings. The van der Waals surface area contributed by atoms with Crippen molar-refractivity contribution in [2.75, 3.05) is 26.2 Å². The summed E-state index contributed by atoms with van der Waals surface area (Å²) in [6.45, 7) is 17.0. The van der Waals surface area contributed by atoms with Gasteiger partial charge in [0.2, 0.25) is 0 Å². The summed E-state index contributed by atoms with van der Waals surface area (Å²) in [5.74, 6) is 0.995. The number of nitro benzene ring substituents is 1. The van der Waals surface area contributed by atoms with Crippen LogP contribution in [0.25, 0.3) is 0 Å². The number of nitro groups is 1. The zero-order valence-electron chi connectivity index (χ0n) is 29.3. The third-order valence-electron chi connectivity index (χ3n) is 9.32. The van der Waals surface area contributed by atoms with Gasteiger partial charge in [0.05, 0.1) is 4.92 Å². The maximum atomic E-state index is 13.2. The fourth-order valence-corrected chi connectivity index (χ4v) is 7.13. The summed E-state index contributed by atoms with van der Waals surface area (Å²) in [6, 6.07) is 16.7. The molecule has 48 heavy (non-hydrogen) atoms. The van der Waals surface area contributed by atoms with Gasteiger partial charge >= 0.3 is 12.1 Å². The number of rotatable bonds is 14. The Morgan fingerprint density at radius 1 is 1.08 bits per heavy atom. The van der Waals surface area contributed by atoms with E-state index in [9.17, 15) is 19.7 Å². The van der Waals surface area contributed by atoms with Crippen LogP contribution >= 0.6 is 0 Å². The van der Waals surface area contributed by atoms with E-state index >= 15 is 0 Å². The van der Waals surface area contributed by atoms with Crippen LogP contribution in [-0.4, -0.2) is 76.7 Å². The molecule has 2 aromatic rings. The van der Waals surface area contributed by atoms with Gasteiger partial charge in [-0.2, -0.15) is 0 Å². The molecule has 2 aromatic carbocycles. The van der Waals surface area contributed by atoms with Crippen LogP contribution in [0.5, 0.6) is 0 Å². The van der Waals surface area contributed by atoms with Crippen molar-refractivity contribution in [3.63, 3.8) is 0 Å². The lowest BCUT2D eigenvalue weighted by atomic mass is 9.88. The highest BCUT2D eigenvalue weighted by atomic mass is 16.6. The SMILES string of the molecule is C=CCN(C(=O)OCc1ccc([N+](=O)[O-])cc1)C1CCN(CC2CC(N[C@@H](CC(C)C)C(=O)OC(C)(C)C)CC2c2ccccc2)CC1.